The van der Waals surface area contributed by atoms with Gasteiger partial charge in [-0.25, -0.2) is 14.3 Å². The molecule has 0 unspecified atom stereocenters. The number of hydrogen-bond acceptors (Lipinski definition) is 6. The second-order valence-electron chi connectivity index (χ2n) is 5.27. The minimum atomic E-state index is -1.23. The van der Waals surface area contributed by atoms with E-state index in [1.807, 2.05) is 5.32 Å². The molecule has 0 aliphatic carbocycles. The third-order valence-electron chi connectivity index (χ3n) is 2.46. The van der Waals surface area contributed by atoms with Crippen LogP contribution in [-0.2, 0) is 21.5 Å². The van der Waals surface area contributed by atoms with Gasteiger partial charge >= 0.3 is 12.1 Å². The van der Waals surface area contributed by atoms with Crippen LogP contribution in [0, 0.1) is 0 Å². The van der Waals surface area contributed by atoms with Gasteiger partial charge in [0.05, 0.1) is 12.3 Å². The molecule has 2 N–H and O–H groups in total. The van der Waals surface area contributed by atoms with Gasteiger partial charge in [-0.05, 0) is 6.92 Å². The number of ether oxygens (including phenoxy) is 1. The number of carbonyl (C=O) groups is 3. The van der Waals surface area contributed by atoms with Crippen molar-refractivity contribution in [1.82, 2.24) is 20.3 Å². The molecule has 0 radical (unpaired) electrons. The van der Waals surface area contributed by atoms with Gasteiger partial charge in [-0.15, -0.1) is 5.10 Å². The summed E-state index contributed by atoms with van der Waals surface area (Å²) in [7, 11) is 0. The maximum absolute atomic E-state index is 11.7. The van der Waals surface area contributed by atoms with Crippen molar-refractivity contribution in [3.05, 3.63) is 11.4 Å². The quantitative estimate of drug-likeness (QED) is 0.831. The van der Waals surface area contributed by atoms with Crippen molar-refractivity contribution in [2.45, 2.75) is 39.7 Å². The van der Waals surface area contributed by atoms with E-state index in [1.54, 1.807) is 27.7 Å². The molecule has 0 atom stereocenters. The van der Waals surface area contributed by atoms with E-state index >= 15 is 0 Å². The molecule has 0 spiro atoms. The predicted octanol–water partition coefficient (Wildman–Crippen LogP) is 0.546. The summed E-state index contributed by atoms with van der Waals surface area (Å²) in [6, 6.07) is 0. The summed E-state index contributed by atoms with van der Waals surface area (Å²) in [4.78, 5) is 34.0. The van der Waals surface area contributed by atoms with E-state index in [-0.39, 0.29) is 18.8 Å². The van der Waals surface area contributed by atoms with Crippen LogP contribution < -0.4 is 5.32 Å². The lowest BCUT2D eigenvalue weighted by molar-refractivity contribution is -0.121. The number of aromatic carboxylic acids is 1. The molecule has 1 aromatic rings. The van der Waals surface area contributed by atoms with E-state index in [2.05, 4.69) is 15.0 Å². The summed E-state index contributed by atoms with van der Waals surface area (Å²) >= 11 is 0. The molecular weight excluding hydrogens is 280 g/mol. The van der Waals surface area contributed by atoms with Crippen molar-refractivity contribution in [1.29, 1.82) is 0 Å². The number of carboxylic acid groups (broad SMARTS) is 1. The zero-order valence-electron chi connectivity index (χ0n) is 12.3. The highest BCUT2D eigenvalue weighted by atomic mass is 16.5. The summed E-state index contributed by atoms with van der Waals surface area (Å²) in [5, 5.41) is 18.3. The smallest absolute Gasteiger partial charge is 0.413 e. The molecule has 1 rings (SSSR count). The number of hydrogen-bond donors (Lipinski definition) is 2. The highest BCUT2D eigenvalue weighted by molar-refractivity contribution is 5.92. The Morgan fingerprint density at radius 2 is 1.95 bits per heavy atom. The lowest BCUT2D eigenvalue weighted by Crippen LogP contribution is -2.35. The molecule has 0 aromatic carbocycles. The predicted molar refractivity (Wildman–Crippen MR) is 70.8 cm³/mol. The van der Waals surface area contributed by atoms with Gasteiger partial charge in [0.2, 0.25) is 0 Å². The van der Waals surface area contributed by atoms with E-state index < -0.39 is 23.4 Å². The van der Waals surface area contributed by atoms with Gasteiger partial charge in [0.25, 0.3) is 5.91 Å². The fourth-order valence-electron chi connectivity index (χ4n) is 1.77. The molecule has 1 aromatic heterocycles. The molecule has 0 saturated heterocycles. The Hall–Kier alpha value is -2.45. The molecule has 0 saturated carbocycles. The lowest BCUT2D eigenvalue weighted by Gasteiger charge is -2.20. The van der Waals surface area contributed by atoms with Crippen LogP contribution in [0.2, 0.25) is 0 Å². The topological polar surface area (TPSA) is 123 Å². The van der Waals surface area contributed by atoms with Crippen LogP contribution in [0.25, 0.3) is 0 Å². The van der Waals surface area contributed by atoms with Crippen LogP contribution in [0.5, 0.6) is 0 Å². The SMILES string of the molecule is CCOC(=O)NC(=O)Cn1nnc(C(=O)O)c1C(C)(C)C. The largest absolute Gasteiger partial charge is 0.476 e. The summed E-state index contributed by atoms with van der Waals surface area (Å²) < 4.78 is 5.75. The van der Waals surface area contributed by atoms with E-state index in [4.69, 9.17) is 5.11 Å². The van der Waals surface area contributed by atoms with Gasteiger partial charge in [-0.2, -0.15) is 0 Å². The van der Waals surface area contributed by atoms with Crippen molar-refractivity contribution in [3.63, 3.8) is 0 Å². The van der Waals surface area contributed by atoms with Crippen molar-refractivity contribution in [3.8, 4) is 0 Å². The van der Waals surface area contributed by atoms with Gasteiger partial charge in [0.1, 0.15) is 6.54 Å². The second kappa shape index (κ2) is 6.33. The number of aromatic nitrogens is 3. The summed E-state index contributed by atoms with van der Waals surface area (Å²) in [6.07, 6.45) is -0.863. The minimum absolute atomic E-state index is 0.138. The van der Waals surface area contributed by atoms with E-state index in [0.29, 0.717) is 5.69 Å². The number of carboxylic acids is 1. The number of alkyl carbamates (subject to hydrolysis) is 1. The Bertz CT molecular complexity index is 558. The molecule has 2 amide bonds. The zero-order chi connectivity index (χ0) is 16.2. The third kappa shape index (κ3) is 4.26. The second-order valence-corrected chi connectivity index (χ2v) is 5.27. The first-order valence-corrected chi connectivity index (χ1v) is 6.30. The summed E-state index contributed by atoms with van der Waals surface area (Å²) in [5.41, 5.74) is -0.498. The molecule has 0 aliphatic heterocycles. The number of amides is 2. The van der Waals surface area contributed by atoms with Crippen molar-refractivity contribution < 1.29 is 24.2 Å². The fourth-order valence-corrected chi connectivity index (χ4v) is 1.77. The Balaban J connectivity index is 2.97. The first-order valence-electron chi connectivity index (χ1n) is 6.30. The molecule has 0 fully saturated rings. The minimum Gasteiger partial charge on any atom is -0.476 e. The molecular formula is C12H18N4O5. The molecule has 0 bridgehead atoms. The van der Waals surface area contributed by atoms with Crippen LogP contribution in [0.15, 0.2) is 0 Å². The Labute approximate surface area is 121 Å². The van der Waals surface area contributed by atoms with Crippen molar-refractivity contribution in [2.24, 2.45) is 0 Å². The monoisotopic (exact) mass is 298 g/mol. The van der Waals surface area contributed by atoms with Gasteiger partial charge in [0.15, 0.2) is 5.69 Å². The van der Waals surface area contributed by atoms with Gasteiger partial charge in [-0.3, -0.25) is 10.1 Å². The van der Waals surface area contributed by atoms with Crippen molar-refractivity contribution >= 4 is 18.0 Å². The zero-order valence-corrected chi connectivity index (χ0v) is 12.3. The fraction of sp³-hybridized carbons (Fsp3) is 0.583. The van der Waals surface area contributed by atoms with E-state index in [0.717, 1.165) is 4.68 Å². The summed E-state index contributed by atoms with van der Waals surface area (Å²) in [5.74, 6) is -1.89. The molecule has 21 heavy (non-hydrogen) atoms. The first kappa shape index (κ1) is 16.6. The number of nitrogens with one attached hydrogen (secondary N) is 1. The normalized spacial score (nSPS) is 11.0. The molecule has 116 valence electrons. The highest BCUT2D eigenvalue weighted by Crippen LogP contribution is 2.24. The first-order chi connectivity index (χ1) is 9.66. The highest BCUT2D eigenvalue weighted by Gasteiger charge is 2.29. The maximum atomic E-state index is 11.7. The van der Waals surface area contributed by atoms with Crippen molar-refractivity contribution in [2.75, 3.05) is 6.61 Å². The average molecular weight is 298 g/mol. The van der Waals surface area contributed by atoms with Crippen LogP contribution >= 0.6 is 0 Å². The third-order valence-corrected chi connectivity index (χ3v) is 2.46. The number of nitrogens with zero attached hydrogens (tertiary/aromatic N) is 3. The molecule has 9 nitrogen and oxygen atoms in total. The van der Waals surface area contributed by atoms with E-state index in [1.165, 1.54) is 0 Å². The Morgan fingerprint density at radius 3 is 2.43 bits per heavy atom. The number of carbonyl (C=O) groups excluding carboxylic acids is 2. The number of imide groups is 1. The van der Waals surface area contributed by atoms with Gasteiger partial charge in [-0.1, -0.05) is 26.0 Å². The van der Waals surface area contributed by atoms with Crippen LogP contribution in [0.1, 0.15) is 43.9 Å². The number of rotatable bonds is 4. The molecule has 9 heteroatoms. The summed E-state index contributed by atoms with van der Waals surface area (Å²) in [6.45, 7) is 6.75. The molecule has 1 heterocycles. The van der Waals surface area contributed by atoms with E-state index in [9.17, 15) is 14.4 Å². The molecule has 0 aliphatic rings. The van der Waals surface area contributed by atoms with Gasteiger partial charge < -0.3 is 9.84 Å². The Kier molecular flexibility index (Phi) is 5.01. The maximum Gasteiger partial charge on any atom is 0.413 e. The van der Waals surface area contributed by atoms with Crippen LogP contribution in [0.3, 0.4) is 0 Å². The Morgan fingerprint density at radius 1 is 1.33 bits per heavy atom. The average Bonchev–Trinajstić information content (AvgIpc) is 2.72. The van der Waals surface area contributed by atoms with Crippen LogP contribution in [0.4, 0.5) is 4.79 Å². The lowest BCUT2D eigenvalue weighted by atomic mass is 9.90. The van der Waals surface area contributed by atoms with Gasteiger partial charge in [0, 0.05) is 5.41 Å². The standard InChI is InChI=1S/C12H18N4O5/c1-5-21-11(20)13-7(17)6-16-9(12(2,3)4)8(10(18)19)14-15-16/h5-6H2,1-4H3,(H,18,19)(H,13,17,20). The van der Waals surface area contributed by atoms with Crippen LogP contribution in [-0.4, -0.2) is 44.7 Å².